The first-order chi connectivity index (χ1) is 4.68. The molecular weight excluding hydrogens is 153 g/mol. The van der Waals surface area contributed by atoms with Crippen LogP contribution in [0.2, 0.25) is 0 Å². The predicted octanol–water partition coefficient (Wildman–Crippen LogP) is 1.38. The van der Waals surface area contributed by atoms with E-state index in [1.807, 2.05) is 0 Å². The van der Waals surface area contributed by atoms with E-state index in [1.54, 1.807) is 0 Å². The van der Waals surface area contributed by atoms with Crippen molar-refractivity contribution in [3.05, 3.63) is 0 Å². The van der Waals surface area contributed by atoms with Crippen molar-refractivity contribution in [1.82, 2.24) is 0 Å². The molecule has 0 amide bonds. The minimum atomic E-state index is -2.48. The fourth-order valence-corrected chi connectivity index (χ4v) is 0.191. The van der Waals surface area contributed by atoms with Crippen LogP contribution in [0.25, 0.3) is 0 Å². The summed E-state index contributed by atoms with van der Waals surface area (Å²) in [4.78, 5) is 7.76. The average Bonchev–Trinajstić information content (AvgIpc) is 1.89. The Morgan fingerprint density at radius 2 is 1.90 bits per heavy atom. The number of unbranched alkanes of at least 4 members (excludes halogenated alkanes) is 1. The third kappa shape index (κ3) is 24.5. The third-order valence-corrected chi connectivity index (χ3v) is 1.05. The summed E-state index contributed by atoms with van der Waals surface area (Å²) in [5.74, 6) is 0. The monoisotopic (exact) mass is 168 g/mol. The molecule has 0 aliphatic rings. The predicted molar refractivity (Wildman–Crippen MR) is 40.5 cm³/mol. The van der Waals surface area contributed by atoms with Gasteiger partial charge in [-0.15, -0.1) is 9.42 Å². The zero-order valence-corrected chi connectivity index (χ0v) is 7.30. The van der Waals surface area contributed by atoms with Gasteiger partial charge in [-0.2, -0.15) is 0 Å². The van der Waals surface area contributed by atoms with Gasteiger partial charge in [0.2, 0.25) is 0 Å². The average molecular weight is 168 g/mol. The third-order valence-electron chi connectivity index (χ3n) is 0.685. The molecule has 0 heterocycles. The summed E-state index contributed by atoms with van der Waals surface area (Å²) in [6.07, 6.45) is 2.64. The van der Waals surface area contributed by atoms with Crippen LogP contribution in [0.1, 0.15) is 26.7 Å². The molecule has 0 saturated carbocycles. The highest BCUT2D eigenvalue weighted by atomic mass is 31.1. The first-order valence-corrected chi connectivity index (χ1v) is 4.31. The molecule has 4 nitrogen and oxygen atoms in total. The van der Waals surface area contributed by atoms with Gasteiger partial charge in [0.15, 0.2) is 6.73 Å². The van der Waals surface area contributed by atoms with Gasteiger partial charge in [0.05, 0.1) is 0 Å². The molecule has 62 valence electrons. The minimum absolute atomic E-state index is 0.203. The van der Waals surface area contributed by atoms with Crippen molar-refractivity contribution >= 4 is 8.25 Å². The van der Waals surface area contributed by atoms with Crippen LogP contribution in [0.3, 0.4) is 0 Å². The Hall–Kier alpha value is -0.0200. The molecule has 0 saturated heterocycles. The molecule has 0 aromatic heterocycles. The van der Waals surface area contributed by atoms with Crippen LogP contribution in [0.4, 0.5) is 0 Å². The smallest absolute Gasteiger partial charge is 0.304 e. The fourth-order valence-electron chi connectivity index (χ4n) is 0.0638. The van der Waals surface area contributed by atoms with Crippen LogP contribution in [-0.2, 0) is 9.09 Å². The van der Waals surface area contributed by atoms with Gasteiger partial charge >= 0.3 is 8.25 Å². The number of hydrogen-bond acceptors (Lipinski definition) is 3. The molecule has 0 spiro atoms. The van der Waals surface area contributed by atoms with E-state index < -0.39 is 8.25 Å². The van der Waals surface area contributed by atoms with E-state index >= 15 is 0 Å². The molecule has 5 heteroatoms. The van der Waals surface area contributed by atoms with Gasteiger partial charge in [-0.25, -0.2) is 0 Å². The van der Waals surface area contributed by atoms with Crippen LogP contribution < -0.4 is 5.73 Å². The summed E-state index contributed by atoms with van der Waals surface area (Å²) in [5.41, 5.74) is 4.66. The Bertz CT molecular complexity index is 77.3. The van der Waals surface area contributed by atoms with E-state index in [0.29, 0.717) is 0 Å². The molecule has 0 rings (SSSR count). The second-order valence-electron chi connectivity index (χ2n) is 1.53. The molecule has 10 heavy (non-hydrogen) atoms. The van der Waals surface area contributed by atoms with Crippen molar-refractivity contribution in [2.24, 2.45) is 5.73 Å². The van der Waals surface area contributed by atoms with E-state index in [0.717, 1.165) is 0 Å². The van der Waals surface area contributed by atoms with Gasteiger partial charge in [0.1, 0.15) is 0 Å². The van der Waals surface area contributed by atoms with Crippen molar-refractivity contribution in [3.8, 4) is 0 Å². The molecule has 1 atom stereocenters. The standard InChI is InChI=1S/C4H10.CH4NO3P/c1-3-4-2;2-1-5-6(3)4/h3-4H2,1-2H3;1-2H2/p+1. The lowest BCUT2D eigenvalue weighted by Gasteiger charge is -1.69. The summed E-state index contributed by atoms with van der Waals surface area (Å²) in [5, 5.41) is 0. The quantitative estimate of drug-likeness (QED) is 0.493. The Labute approximate surface area is 62.3 Å². The zero-order chi connectivity index (χ0) is 8.41. The van der Waals surface area contributed by atoms with Gasteiger partial charge in [-0.05, 0) is 0 Å². The van der Waals surface area contributed by atoms with Gasteiger partial charge < -0.3 is 5.73 Å². The van der Waals surface area contributed by atoms with Gasteiger partial charge in [0.25, 0.3) is 0 Å². The molecule has 0 fully saturated rings. The van der Waals surface area contributed by atoms with Crippen molar-refractivity contribution in [3.63, 3.8) is 0 Å². The second-order valence-corrected chi connectivity index (χ2v) is 2.27. The number of hydrogen-bond donors (Lipinski definition) is 2. The summed E-state index contributed by atoms with van der Waals surface area (Å²) in [6, 6.07) is 0. The summed E-state index contributed by atoms with van der Waals surface area (Å²) < 4.78 is 13.3. The Balaban J connectivity index is 0. The maximum atomic E-state index is 9.45. The Kier molecular flexibility index (Phi) is 14.8. The van der Waals surface area contributed by atoms with E-state index in [1.165, 1.54) is 12.8 Å². The maximum Gasteiger partial charge on any atom is 0.696 e. The topological polar surface area (TPSA) is 72.5 Å². The lowest BCUT2D eigenvalue weighted by atomic mass is 10.4. The van der Waals surface area contributed by atoms with E-state index in [2.05, 4.69) is 24.1 Å². The molecule has 0 aromatic rings. The van der Waals surface area contributed by atoms with E-state index in [-0.39, 0.29) is 6.73 Å². The summed E-state index contributed by atoms with van der Waals surface area (Å²) in [6.45, 7) is 4.16. The van der Waals surface area contributed by atoms with E-state index in [9.17, 15) is 4.57 Å². The molecule has 0 bridgehead atoms. The normalized spacial score (nSPS) is 9.80. The molecule has 3 N–H and O–H groups in total. The van der Waals surface area contributed by atoms with Crippen molar-refractivity contribution < 1.29 is 14.0 Å². The van der Waals surface area contributed by atoms with Crippen LogP contribution in [0.5, 0.6) is 0 Å². The first-order valence-electron chi connectivity index (χ1n) is 3.18. The molecule has 0 aromatic carbocycles. The van der Waals surface area contributed by atoms with E-state index in [4.69, 9.17) is 4.89 Å². The highest BCUT2D eigenvalue weighted by molar-refractivity contribution is 7.32. The van der Waals surface area contributed by atoms with Gasteiger partial charge in [-0.1, -0.05) is 26.7 Å². The maximum absolute atomic E-state index is 9.45. The molecular formula is C5H15NO3P+. The Morgan fingerprint density at radius 1 is 1.50 bits per heavy atom. The zero-order valence-electron chi connectivity index (χ0n) is 6.41. The summed E-state index contributed by atoms with van der Waals surface area (Å²) in [7, 11) is -2.48. The Morgan fingerprint density at radius 3 is 1.90 bits per heavy atom. The van der Waals surface area contributed by atoms with Crippen LogP contribution >= 0.6 is 8.25 Å². The summed E-state index contributed by atoms with van der Waals surface area (Å²) >= 11 is 0. The molecule has 0 aliphatic heterocycles. The minimum Gasteiger partial charge on any atom is -0.304 e. The SMILES string of the molecule is CCCC.NCO[P+](=O)O. The molecule has 0 radical (unpaired) electrons. The first kappa shape index (κ1) is 12.6. The molecule has 0 aliphatic carbocycles. The van der Waals surface area contributed by atoms with Crippen molar-refractivity contribution in [1.29, 1.82) is 0 Å². The van der Waals surface area contributed by atoms with Crippen LogP contribution in [0, 0.1) is 0 Å². The lowest BCUT2D eigenvalue weighted by Crippen LogP contribution is -1.97. The van der Waals surface area contributed by atoms with Crippen molar-refractivity contribution in [2.45, 2.75) is 26.7 Å². The highest BCUT2D eigenvalue weighted by Gasteiger charge is 2.07. The lowest BCUT2D eigenvalue weighted by molar-refractivity contribution is 0.290. The van der Waals surface area contributed by atoms with Gasteiger partial charge in [0, 0.05) is 4.57 Å². The van der Waals surface area contributed by atoms with Crippen molar-refractivity contribution in [2.75, 3.05) is 6.73 Å². The van der Waals surface area contributed by atoms with Crippen LogP contribution in [-0.4, -0.2) is 11.6 Å². The highest BCUT2D eigenvalue weighted by Crippen LogP contribution is 2.11. The number of nitrogens with two attached hydrogens (primary N) is 1. The second kappa shape index (κ2) is 11.7. The van der Waals surface area contributed by atoms with Crippen LogP contribution in [0.15, 0.2) is 0 Å². The number of rotatable bonds is 3. The molecule has 1 unspecified atom stereocenters. The fraction of sp³-hybridized carbons (Fsp3) is 1.00. The van der Waals surface area contributed by atoms with Gasteiger partial charge in [-0.3, -0.25) is 0 Å². The largest absolute Gasteiger partial charge is 0.696 e.